The van der Waals surface area contributed by atoms with Gasteiger partial charge in [0.2, 0.25) is 0 Å². The highest BCUT2D eigenvalue weighted by Crippen LogP contribution is 2.22. The molecule has 0 saturated carbocycles. The standard InChI is InChI=1S/C23H16ClN3O/c24-19-10-8-16(9-11-19)15-28-20-5-3-4-17(13-20)12-18(14-25)23-26-21-6-1-2-7-22(21)27-23/h1-13H,15H2,(H,26,27)/b18-12-. The zero-order valence-corrected chi connectivity index (χ0v) is 15.6. The molecule has 0 aliphatic heterocycles. The van der Waals surface area contributed by atoms with Crippen molar-refractivity contribution in [3.63, 3.8) is 0 Å². The van der Waals surface area contributed by atoms with Gasteiger partial charge in [0.25, 0.3) is 0 Å². The van der Waals surface area contributed by atoms with Crippen LogP contribution in [0.4, 0.5) is 0 Å². The summed E-state index contributed by atoms with van der Waals surface area (Å²) in [4.78, 5) is 7.69. The number of allylic oxidation sites excluding steroid dienone is 1. The van der Waals surface area contributed by atoms with Crippen molar-refractivity contribution < 1.29 is 4.74 Å². The van der Waals surface area contributed by atoms with Crippen molar-refractivity contribution in [2.24, 2.45) is 0 Å². The molecule has 1 aromatic heterocycles. The second kappa shape index (κ2) is 7.99. The molecular formula is C23H16ClN3O. The van der Waals surface area contributed by atoms with Gasteiger partial charge in [-0.1, -0.05) is 48.0 Å². The molecular weight excluding hydrogens is 370 g/mol. The maximum atomic E-state index is 9.59. The molecule has 0 radical (unpaired) electrons. The second-order valence-electron chi connectivity index (χ2n) is 6.26. The summed E-state index contributed by atoms with van der Waals surface area (Å²) < 4.78 is 5.86. The number of fused-ring (bicyclic) bond motifs is 1. The molecule has 0 bridgehead atoms. The Bertz CT molecular complexity index is 1150. The number of hydrogen-bond donors (Lipinski definition) is 1. The zero-order valence-electron chi connectivity index (χ0n) is 14.9. The minimum atomic E-state index is 0.443. The van der Waals surface area contributed by atoms with E-state index >= 15 is 0 Å². The van der Waals surface area contributed by atoms with Crippen LogP contribution in [0.2, 0.25) is 5.02 Å². The Labute approximate surface area is 167 Å². The van der Waals surface area contributed by atoms with Gasteiger partial charge in [-0.2, -0.15) is 5.26 Å². The van der Waals surface area contributed by atoms with Gasteiger partial charge >= 0.3 is 0 Å². The molecule has 0 fully saturated rings. The van der Waals surface area contributed by atoms with Crippen molar-refractivity contribution in [1.29, 1.82) is 5.26 Å². The first-order valence-corrected chi connectivity index (χ1v) is 9.13. The van der Waals surface area contributed by atoms with Crippen LogP contribution in [0.5, 0.6) is 5.75 Å². The summed E-state index contributed by atoms with van der Waals surface area (Å²) >= 11 is 5.91. The van der Waals surface area contributed by atoms with Crippen LogP contribution < -0.4 is 4.74 Å². The topological polar surface area (TPSA) is 61.7 Å². The van der Waals surface area contributed by atoms with Gasteiger partial charge in [0.05, 0.1) is 16.6 Å². The van der Waals surface area contributed by atoms with E-state index in [9.17, 15) is 5.26 Å². The number of para-hydroxylation sites is 2. The molecule has 0 unspecified atom stereocenters. The Morgan fingerprint density at radius 2 is 1.89 bits per heavy atom. The first-order valence-electron chi connectivity index (χ1n) is 8.75. The number of nitrogens with one attached hydrogen (secondary N) is 1. The molecule has 4 aromatic rings. The molecule has 4 nitrogen and oxygen atoms in total. The first kappa shape index (κ1) is 17.8. The average molecular weight is 386 g/mol. The Morgan fingerprint density at radius 1 is 1.07 bits per heavy atom. The zero-order chi connectivity index (χ0) is 19.3. The van der Waals surface area contributed by atoms with Crippen molar-refractivity contribution in [2.45, 2.75) is 6.61 Å². The minimum absolute atomic E-state index is 0.443. The van der Waals surface area contributed by atoms with Crippen LogP contribution in [0.15, 0.2) is 72.8 Å². The lowest BCUT2D eigenvalue weighted by Gasteiger charge is -2.07. The minimum Gasteiger partial charge on any atom is -0.489 e. The number of imidazole rings is 1. The molecule has 0 aliphatic rings. The number of benzene rings is 3. The number of nitrogens with zero attached hydrogens (tertiary/aromatic N) is 2. The molecule has 3 aromatic carbocycles. The Balaban J connectivity index is 1.55. The van der Waals surface area contributed by atoms with Crippen molar-refractivity contribution in [3.8, 4) is 11.8 Å². The van der Waals surface area contributed by atoms with Crippen molar-refractivity contribution >= 4 is 34.3 Å². The van der Waals surface area contributed by atoms with Crippen LogP contribution in [0.1, 0.15) is 17.0 Å². The monoisotopic (exact) mass is 385 g/mol. The summed E-state index contributed by atoms with van der Waals surface area (Å²) in [7, 11) is 0. The van der Waals surface area contributed by atoms with Gasteiger partial charge in [0, 0.05) is 5.02 Å². The number of ether oxygens (including phenoxy) is 1. The van der Waals surface area contributed by atoms with E-state index in [-0.39, 0.29) is 0 Å². The van der Waals surface area contributed by atoms with E-state index in [1.165, 1.54) is 0 Å². The smallest absolute Gasteiger partial charge is 0.149 e. The predicted molar refractivity (Wildman–Crippen MR) is 112 cm³/mol. The van der Waals surface area contributed by atoms with Crippen LogP contribution in [-0.4, -0.2) is 9.97 Å². The number of nitriles is 1. The molecule has 0 amide bonds. The Morgan fingerprint density at radius 3 is 2.68 bits per heavy atom. The van der Waals surface area contributed by atoms with Gasteiger partial charge < -0.3 is 9.72 Å². The van der Waals surface area contributed by atoms with E-state index in [2.05, 4.69) is 16.0 Å². The maximum Gasteiger partial charge on any atom is 0.149 e. The molecule has 136 valence electrons. The average Bonchev–Trinajstić information content (AvgIpc) is 3.16. The summed E-state index contributed by atoms with van der Waals surface area (Å²) in [6.07, 6.45) is 1.80. The highest BCUT2D eigenvalue weighted by molar-refractivity contribution is 6.30. The Hall–Kier alpha value is -3.55. The molecule has 5 heteroatoms. The van der Waals surface area contributed by atoms with Gasteiger partial charge in [-0.15, -0.1) is 0 Å². The maximum absolute atomic E-state index is 9.59. The van der Waals surface area contributed by atoms with E-state index < -0.39 is 0 Å². The molecule has 1 heterocycles. The van der Waals surface area contributed by atoms with Gasteiger partial charge in [-0.3, -0.25) is 0 Å². The second-order valence-corrected chi connectivity index (χ2v) is 6.70. The van der Waals surface area contributed by atoms with Gasteiger partial charge in [0.15, 0.2) is 0 Å². The number of aromatic amines is 1. The SMILES string of the molecule is N#C/C(=C/c1cccc(OCc2ccc(Cl)cc2)c1)c1nc2ccccc2[nH]1. The fourth-order valence-electron chi connectivity index (χ4n) is 2.84. The molecule has 0 aliphatic carbocycles. The fourth-order valence-corrected chi connectivity index (χ4v) is 2.97. The van der Waals surface area contributed by atoms with Crippen LogP contribution >= 0.6 is 11.6 Å². The molecule has 1 N–H and O–H groups in total. The number of aromatic nitrogens is 2. The van der Waals surface area contributed by atoms with Crippen LogP contribution in [0, 0.1) is 11.3 Å². The number of H-pyrrole nitrogens is 1. The summed E-state index contributed by atoms with van der Waals surface area (Å²) in [5.74, 6) is 1.28. The van der Waals surface area contributed by atoms with Crippen molar-refractivity contribution in [3.05, 3.63) is 94.8 Å². The summed E-state index contributed by atoms with van der Waals surface area (Å²) in [6.45, 7) is 0.443. The Kier molecular flexibility index (Phi) is 5.09. The van der Waals surface area contributed by atoms with Crippen molar-refractivity contribution in [2.75, 3.05) is 0 Å². The molecule has 4 rings (SSSR count). The first-order chi connectivity index (χ1) is 13.7. The van der Waals surface area contributed by atoms with Crippen LogP contribution in [0.25, 0.3) is 22.7 Å². The van der Waals surface area contributed by atoms with Gasteiger partial charge in [-0.25, -0.2) is 4.98 Å². The van der Waals surface area contributed by atoms with Gasteiger partial charge in [-0.05, 0) is 53.6 Å². The van der Waals surface area contributed by atoms with E-state index in [0.717, 1.165) is 27.9 Å². The predicted octanol–water partition coefficient (Wildman–Crippen LogP) is 5.86. The van der Waals surface area contributed by atoms with Crippen LogP contribution in [-0.2, 0) is 6.61 Å². The highest BCUT2D eigenvalue weighted by Gasteiger charge is 2.08. The lowest BCUT2D eigenvalue weighted by molar-refractivity contribution is 0.306. The number of rotatable bonds is 5. The summed E-state index contributed by atoms with van der Waals surface area (Å²) in [5.41, 5.74) is 4.10. The molecule has 0 atom stereocenters. The molecule has 0 saturated heterocycles. The lowest BCUT2D eigenvalue weighted by atomic mass is 10.1. The van der Waals surface area contributed by atoms with Gasteiger partial charge in [0.1, 0.15) is 24.3 Å². The quantitative estimate of drug-likeness (QED) is 0.437. The third-order valence-corrected chi connectivity index (χ3v) is 4.50. The number of halogens is 1. The number of hydrogen-bond acceptors (Lipinski definition) is 3. The van der Waals surface area contributed by atoms with Crippen LogP contribution in [0.3, 0.4) is 0 Å². The summed E-state index contributed by atoms with van der Waals surface area (Å²) in [5, 5.41) is 10.3. The fraction of sp³-hybridized carbons (Fsp3) is 0.0435. The molecule has 28 heavy (non-hydrogen) atoms. The highest BCUT2D eigenvalue weighted by atomic mass is 35.5. The largest absolute Gasteiger partial charge is 0.489 e. The van der Waals surface area contributed by atoms with E-state index in [4.69, 9.17) is 16.3 Å². The van der Waals surface area contributed by atoms with E-state index in [0.29, 0.717) is 23.0 Å². The third-order valence-electron chi connectivity index (χ3n) is 4.25. The van der Waals surface area contributed by atoms with E-state index in [1.54, 1.807) is 6.08 Å². The third kappa shape index (κ3) is 4.06. The lowest BCUT2D eigenvalue weighted by Crippen LogP contribution is -1.95. The van der Waals surface area contributed by atoms with E-state index in [1.807, 2.05) is 72.8 Å². The molecule has 0 spiro atoms. The normalized spacial score (nSPS) is 11.4. The summed E-state index contributed by atoms with van der Waals surface area (Å²) in [6, 6.07) is 25.1. The van der Waals surface area contributed by atoms with Crippen molar-refractivity contribution in [1.82, 2.24) is 9.97 Å².